The second-order valence-corrected chi connectivity index (χ2v) is 6.43. The number of carbonyl (C=O) groups is 2. The summed E-state index contributed by atoms with van der Waals surface area (Å²) in [6.45, 7) is 0. The van der Waals surface area contributed by atoms with Gasteiger partial charge in [0.1, 0.15) is 11.4 Å². The van der Waals surface area contributed by atoms with E-state index >= 15 is 0 Å². The SMILES string of the molecule is COc1cccc(-c2cn(-c3ccccc3)c(NC(=O)c3ccc(C=O)nc3)n2)c1. The number of rotatable bonds is 6. The molecule has 1 amide bonds. The van der Waals surface area contributed by atoms with Crippen LogP contribution in [0.5, 0.6) is 5.75 Å². The zero-order chi connectivity index (χ0) is 20.9. The first kappa shape index (κ1) is 19.1. The summed E-state index contributed by atoms with van der Waals surface area (Å²) < 4.78 is 7.11. The minimum atomic E-state index is -0.375. The number of benzene rings is 2. The van der Waals surface area contributed by atoms with Gasteiger partial charge in [-0.3, -0.25) is 24.5 Å². The van der Waals surface area contributed by atoms with E-state index in [1.807, 2.05) is 60.8 Å². The van der Waals surface area contributed by atoms with Gasteiger partial charge in [-0.15, -0.1) is 0 Å². The fourth-order valence-corrected chi connectivity index (χ4v) is 2.96. The van der Waals surface area contributed by atoms with Crippen molar-refractivity contribution < 1.29 is 14.3 Å². The zero-order valence-electron chi connectivity index (χ0n) is 16.1. The Labute approximate surface area is 173 Å². The fraction of sp³-hybridized carbons (Fsp3) is 0.0435. The molecular weight excluding hydrogens is 380 g/mol. The molecule has 0 radical (unpaired) electrons. The largest absolute Gasteiger partial charge is 0.497 e. The maximum atomic E-state index is 12.7. The summed E-state index contributed by atoms with van der Waals surface area (Å²) >= 11 is 0. The first-order valence-corrected chi connectivity index (χ1v) is 9.20. The van der Waals surface area contributed by atoms with Crippen LogP contribution in [0.25, 0.3) is 16.9 Å². The molecule has 0 bridgehead atoms. The number of hydrogen-bond donors (Lipinski definition) is 1. The number of methoxy groups -OCH3 is 1. The lowest BCUT2D eigenvalue weighted by Gasteiger charge is -2.08. The van der Waals surface area contributed by atoms with Crippen LogP contribution in [0.1, 0.15) is 20.8 Å². The Morgan fingerprint density at radius 1 is 1.07 bits per heavy atom. The number of ether oxygens (including phenoxy) is 1. The van der Waals surface area contributed by atoms with Crippen LogP contribution < -0.4 is 10.1 Å². The number of aldehydes is 1. The lowest BCUT2D eigenvalue weighted by atomic mass is 10.1. The quantitative estimate of drug-likeness (QED) is 0.496. The minimum Gasteiger partial charge on any atom is -0.497 e. The van der Waals surface area contributed by atoms with Gasteiger partial charge in [0.2, 0.25) is 5.95 Å². The molecule has 2 heterocycles. The van der Waals surface area contributed by atoms with Crippen molar-refractivity contribution in [3.05, 3.63) is 90.4 Å². The number of anilines is 1. The molecule has 0 unspecified atom stereocenters. The van der Waals surface area contributed by atoms with Crippen molar-refractivity contribution in [2.75, 3.05) is 12.4 Å². The summed E-state index contributed by atoms with van der Waals surface area (Å²) in [6.07, 6.45) is 3.84. The van der Waals surface area contributed by atoms with Gasteiger partial charge in [-0.25, -0.2) is 4.98 Å². The van der Waals surface area contributed by atoms with Gasteiger partial charge in [0.05, 0.1) is 18.4 Å². The summed E-state index contributed by atoms with van der Waals surface area (Å²) in [5.41, 5.74) is 2.98. The van der Waals surface area contributed by atoms with E-state index in [1.165, 1.54) is 12.3 Å². The number of hydrogen-bond acceptors (Lipinski definition) is 5. The highest BCUT2D eigenvalue weighted by Crippen LogP contribution is 2.27. The predicted octanol–water partition coefficient (Wildman–Crippen LogP) is 4.01. The lowest BCUT2D eigenvalue weighted by Crippen LogP contribution is -2.15. The zero-order valence-corrected chi connectivity index (χ0v) is 16.1. The first-order valence-electron chi connectivity index (χ1n) is 9.20. The highest BCUT2D eigenvalue weighted by molar-refractivity contribution is 6.03. The third-order valence-electron chi connectivity index (χ3n) is 4.50. The van der Waals surface area contributed by atoms with Crippen molar-refractivity contribution in [2.24, 2.45) is 0 Å². The van der Waals surface area contributed by atoms with Crippen molar-refractivity contribution in [1.82, 2.24) is 14.5 Å². The van der Waals surface area contributed by atoms with Gasteiger partial charge < -0.3 is 4.74 Å². The average Bonchev–Trinajstić information content (AvgIpc) is 3.23. The van der Waals surface area contributed by atoms with Gasteiger partial charge in [-0.1, -0.05) is 30.3 Å². The molecule has 4 rings (SSSR count). The Bertz CT molecular complexity index is 1180. The van der Waals surface area contributed by atoms with Crippen molar-refractivity contribution >= 4 is 18.1 Å². The maximum Gasteiger partial charge on any atom is 0.259 e. The Morgan fingerprint density at radius 3 is 2.60 bits per heavy atom. The molecule has 0 aliphatic heterocycles. The lowest BCUT2D eigenvalue weighted by molar-refractivity contribution is 0.102. The number of para-hydroxylation sites is 1. The number of imidazole rings is 1. The van der Waals surface area contributed by atoms with Crippen LogP contribution in [0, 0.1) is 0 Å². The number of carbonyl (C=O) groups excluding carboxylic acids is 2. The summed E-state index contributed by atoms with van der Waals surface area (Å²) in [5.74, 6) is 0.706. The van der Waals surface area contributed by atoms with Gasteiger partial charge >= 0.3 is 0 Å². The molecule has 0 spiro atoms. The summed E-state index contributed by atoms with van der Waals surface area (Å²) in [7, 11) is 1.61. The summed E-state index contributed by atoms with van der Waals surface area (Å²) in [5, 5.41) is 2.83. The summed E-state index contributed by atoms with van der Waals surface area (Å²) in [6, 6.07) is 20.2. The fourth-order valence-electron chi connectivity index (χ4n) is 2.96. The minimum absolute atomic E-state index is 0.262. The monoisotopic (exact) mass is 398 g/mol. The van der Waals surface area contributed by atoms with Crippen molar-refractivity contribution in [3.63, 3.8) is 0 Å². The molecule has 0 aliphatic rings. The molecule has 0 atom stereocenters. The van der Waals surface area contributed by atoms with E-state index in [4.69, 9.17) is 4.74 Å². The molecule has 4 aromatic rings. The molecule has 0 saturated carbocycles. The second-order valence-electron chi connectivity index (χ2n) is 6.43. The smallest absolute Gasteiger partial charge is 0.259 e. The molecular formula is C23H18N4O3. The van der Waals surface area contributed by atoms with Crippen molar-refractivity contribution in [3.8, 4) is 22.7 Å². The Morgan fingerprint density at radius 2 is 1.90 bits per heavy atom. The van der Waals surface area contributed by atoms with Crippen molar-refractivity contribution in [2.45, 2.75) is 0 Å². The molecule has 0 fully saturated rings. The van der Waals surface area contributed by atoms with Crippen LogP contribution in [0.2, 0.25) is 0 Å². The number of aromatic nitrogens is 3. The Kier molecular flexibility index (Phi) is 5.34. The van der Waals surface area contributed by atoms with Crippen LogP contribution in [-0.2, 0) is 0 Å². The van der Waals surface area contributed by atoms with Gasteiger partial charge in [0, 0.05) is 23.6 Å². The van der Waals surface area contributed by atoms with Crippen LogP contribution >= 0.6 is 0 Å². The van der Waals surface area contributed by atoms with Gasteiger partial charge in [-0.2, -0.15) is 0 Å². The van der Waals surface area contributed by atoms with Crippen LogP contribution in [-0.4, -0.2) is 33.8 Å². The molecule has 7 nitrogen and oxygen atoms in total. The predicted molar refractivity (Wildman–Crippen MR) is 113 cm³/mol. The molecule has 0 aliphatic carbocycles. The second kappa shape index (κ2) is 8.40. The molecule has 148 valence electrons. The van der Waals surface area contributed by atoms with E-state index in [0.717, 1.165) is 11.3 Å². The molecule has 7 heteroatoms. The molecule has 0 saturated heterocycles. The van der Waals surface area contributed by atoms with E-state index in [9.17, 15) is 9.59 Å². The van der Waals surface area contributed by atoms with Gasteiger partial charge in [0.15, 0.2) is 6.29 Å². The average molecular weight is 398 g/mol. The van der Waals surface area contributed by atoms with E-state index in [2.05, 4.69) is 15.3 Å². The van der Waals surface area contributed by atoms with Gasteiger partial charge in [-0.05, 0) is 36.4 Å². The number of nitrogens with one attached hydrogen (secondary N) is 1. The third kappa shape index (κ3) is 3.95. The van der Waals surface area contributed by atoms with Crippen LogP contribution in [0.4, 0.5) is 5.95 Å². The van der Waals surface area contributed by atoms with E-state index < -0.39 is 0 Å². The van der Waals surface area contributed by atoms with Crippen LogP contribution in [0.15, 0.2) is 79.1 Å². The van der Waals surface area contributed by atoms with Gasteiger partial charge in [0.25, 0.3) is 5.91 Å². The van der Waals surface area contributed by atoms with E-state index in [1.54, 1.807) is 17.7 Å². The van der Waals surface area contributed by atoms with E-state index in [0.29, 0.717) is 29.2 Å². The topological polar surface area (TPSA) is 86.1 Å². The number of nitrogens with zero attached hydrogens (tertiary/aromatic N) is 3. The van der Waals surface area contributed by atoms with E-state index in [-0.39, 0.29) is 11.6 Å². The highest BCUT2D eigenvalue weighted by atomic mass is 16.5. The third-order valence-corrected chi connectivity index (χ3v) is 4.50. The summed E-state index contributed by atoms with van der Waals surface area (Å²) in [4.78, 5) is 32.1. The molecule has 2 aromatic heterocycles. The highest BCUT2D eigenvalue weighted by Gasteiger charge is 2.15. The number of pyridine rings is 1. The molecule has 30 heavy (non-hydrogen) atoms. The van der Waals surface area contributed by atoms with Crippen molar-refractivity contribution in [1.29, 1.82) is 0 Å². The number of amides is 1. The Hall–Kier alpha value is -4.26. The Balaban J connectivity index is 1.72. The maximum absolute atomic E-state index is 12.7. The molecule has 2 aromatic carbocycles. The van der Waals surface area contributed by atoms with Crippen LogP contribution in [0.3, 0.4) is 0 Å². The first-order chi connectivity index (χ1) is 14.7. The molecule has 1 N–H and O–H groups in total. The normalized spacial score (nSPS) is 10.4. The standard InChI is InChI=1S/C23H18N4O3/c1-30-20-9-5-6-16(12-20)21-14-27(19-7-3-2-4-8-19)23(25-21)26-22(29)17-10-11-18(15-28)24-13-17/h2-15H,1H3,(H,25,26,29).